The van der Waals surface area contributed by atoms with Crippen LogP contribution in [-0.2, 0) is 4.79 Å². The molecule has 0 N–H and O–H groups in total. The van der Waals surface area contributed by atoms with Gasteiger partial charge in [0.15, 0.2) is 0 Å². The number of hydrogen-bond donors (Lipinski definition) is 0. The summed E-state index contributed by atoms with van der Waals surface area (Å²) >= 11 is 0. The molecular weight excluding hydrogens is 314 g/mol. The van der Waals surface area contributed by atoms with Crippen LogP contribution in [0.25, 0.3) is 0 Å². The molecule has 1 aromatic heterocycles. The summed E-state index contributed by atoms with van der Waals surface area (Å²) in [5.41, 5.74) is 1.10. The van der Waals surface area contributed by atoms with Crippen molar-refractivity contribution in [1.29, 1.82) is 0 Å². The van der Waals surface area contributed by atoms with Crippen molar-refractivity contribution in [3.63, 3.8) is 0 Å². The van der Waals surface area contributed by atoms with E-state index < -0.39 is 5.92 Å². The van der Waals surface area contributed by atoms with Crippen LogP contribution in [0, 0.1) is 5.92 Å². The Hall–Kier alpha value is -1.79. The largest absolute Gasteiger partial charge is 0.355 e. The smallest absolute Gasteiger partial charge is 0.251 e. The van der Waals surface area contributed by atoms with Gasteiger partial charge in [-0.25, -0.2) is 18.7 Å². The molecule has 1 aromatic rings. The highest BCUT2D eigenvalue weighted by molar-refractivity contribution is 5.82. The summed E-state index contributed by atoms with van der Waals surface area (Å²) in [7, 11) is 0. The second-order valence-electron chi connectivity index (χ2n) is 7.21. The van der Waals surface area contributed by atoms with Gasteiger partial charge in [-0.15, -0.1) is 0 Å². The van der Waals surface area contributed by atoms with E-state index in [0.717, 1.165) is 11.5 Å². The van der Waals surface area contributed by atoms with Crippen molar-refractivity contribution < 1.29 is 13.6 Å². The Bertz CT molecular complexity index is 619. The summed E-state index contributed by atoms with van der Waals surface area (Å²) < 4.78 is 26.4. The molecule has 0 bridgehead atoms. The molecule has 3 heterocycles. The average molecular weight is 336 g/mol. The van der Waals surface area contributed by atoms with Crippen molar-refractivity contribution in [2.75, 3.05) is 31.1 Å². The molecule has 24 heavy (non-hydrogen) atoms. The fourth-order valence-corrected chi connectivity index (χ4v) is 3.60. The molecule has 0 radical (unpaired) electrons. The summed E-state index contributed by atoms with van der Waals surface area (Å²) in [6.07, 6.45) is 4.82. The minimum atomic E-state index is -2.61. The summed E-state index contributed by atoms with van der Waals surface area (Å²) in [5.74, 6) is -1.27. The van der Waals surface area contributed by atoms with Crippen LogP contribution in [0.15, 0.2) is 12.4 Å². The number of carbonyl (C=O) groups excluding carboxylic acids is 1. The van der Waals surface area contributed by atoms with Gasteiger partial charge in [-0.3, -0.25) is 4.79 Å². The highest BCUT2D eigenvalue weighted by atomic mass is 19.3. The molecule has 0 aromatic carbocycles. The van der Waals surface area contributed by atoms with Gasteiger partial charge in [0, 0.05) is 56.7 Å². The third-order valence-corrected chi connectivity index (χ3v) is 5.56. The predicted octanol–water partition coefficient (Wildman–Crippen LogP) is 2.44. The molecule has 3 fully saturated rings. The van der Waals surface area contributed by atoms with Gasteiger partial charge in [-0.1, -0.05) is 6.42 Å². The zero-order valence-electron chi connectivity index (χ0n) is 13.6. The highest BCUT2D eigenvalue weighted by Gasteiger charge is 2.41. The number of likely N-dealkylation sites (tertiary alicyclic amines) is 1. The number of amides is 1. The summed E-state index contributed by atoms with van der Waals surface area (Å²) in [4.78, 5) is 24.8. The Morgan fingerprint density at radius 1 is 1.17 bits per heavy atom. The monoisotopic (exact) mass is 336 g/mol. The van der Waals surface area contributed by atoms with Crippen LogP contribution < -0.4 is 4.90 Å². The minimum absolute atomic E-state index is 0.00928. The van der Waals surface area contributed by atoms with Crippen molar-refractivity contribution in [3.8, 4) is 0 Å². The Labute approximate surface area is 140 Å². The second-order valence-corrected chi connectivity index (χ2v) is 7.21. The number of nitrogens with zero attached hydrogens (tertiary/aromatic N) is 4. The maximum Gasteiger partial charge on any atom is 0.251 e. The molecule has 2 saturated heterocycles. The molecule has 0 spiro atoms. The van der Waals surface area contributed by atoms with Gasteiger partial charge in [0.2, 0.25) is 5.91 Å². The quantitative estimate of drug-likeness (QED) is 0.851. The van der Waals surface area contributed by atoms with Crippen LogP contribution in [0.2, 0.25) is 0 Å². The van der Waals surface area contributed by atoms with E-state index in [9.17, 15) is 13.6 Å². The van der Waals surface area contributed by atoms with Gasteiger partial charge in [0.05, 0.1) is 5.92 Å². The molecule has 3 aliphatic rings. The van der Waals surface area contributed by atoms with Crippen LogP contribution in [0.3, 0.4) is 0 Å². The average Bonchev–Trinajstić information content (AvgIpc) is 2.44. The highest BCUT2D eigenvalue weighted by Crippen LogP contribution is 2.36. The van der Waals surface area contributed by atoms with Crippen LogP contribution in [-0.4, -0.2) is 52.9 Å². The van der Waals surface area contributed by atoms with E-state index >= 15 is 0 Å². The van der Waals surface area contributed by atoms with Gasteiger partial charge < -0.3 is 9.80 Å². The summed E-state index contributed by atoms with van der Waals surface area (Å²) in [5, 5.41) is 0. The van der Waals surface area contributed by atoms with Gasteiger partial charge in [0.25, 0.3) is 5.92 Å². The third kappa shape index (κ3) is 2.96. The molecule has 0 atom stereocenters. The lowest BCUT2D eigenvalue weighted by Gasteiger charge is -2.43. The van der Waals surface area contributed by atoms with Crippen LogP contribution in [0.4, 0.5) is 14.6 Å². The van der Waals surface area contributed by atoms with Crippen molar-refractivity contribution in [2.24, 2.45) is 5.92 Å². The first kappa shape index (κ1) is 15.7. The maximum absolute atomic E-state index is 13.2. The van der Waals surface area contributed by atoms with E-state index in [4.69, 9.17) is 0 Å². The first-order chi connectivity index (χ1) is 11.5. The van der Waals surface area contributed by atoms with E-state index in [1.165, 1.54) is 19.3 Å². The molecular formula is C17H22F2N4O. The topological polar surface area (TPSA) is 49.3 Å². The molecule has 7 heteroatoms. The van der Waals surface area contributed by atoms with Crippen molar-refractivity contribution >= 4 is 11.7 Å². The van der Waals surface area contributed by atoms with E-state index in [1.54, 1.807) is 11.2 Å². The van der Waals surface area contributed by atoms with Crippen LogP contribution in [0.1, 0.15) is 43.7 Å². The number of aromatic nitrogens is 2. The maximum atomic E-state index is 13.2. The third-order valence-electron chi connectivity index (χ3n) is 5.56. The van der Waals surface area contributed by atoms with Gasteiger partial charge in [0.1, 0.15) is 12.1 Å². The number of alkyl halides is 2. The van der Waals surface area contributed by atoms with Crippen molar-refractivity contribution in [3.05, 3.63) is 18.1 Å². The number of anilines is 1. The molecule has 2 aliphatic heterocycles. The number of piperidine rings is 1. The van der Waals surface area contributed by atoms with Crippen LogP contribution >= 0.6 is 0 Å². The number of halogens is 2. The van der Waals surface area contributed by atoms with Gasteiger partial charge >= 0.3 is 0 Å². The molecule has 130 valence electrons. The summed E-state index contributed by atoms with van der Waals surface area (Å²) in [6.45, 7) is 1.57. The molecule has 1 aliphatic carbocycles. The number of carbonyl (C=O) groups is 1. The number of rotatable bonds is 3. The molecule has 4 rings (SSSR count). The van der Waals surface area contributed by atoms with Gasteiger partial charge in [-0.05, 0) is 12.8 Å². The SMILES string of the molecule is O=C(C1CN(c2cc(C3CCC3)ncn2)C1)N1CCC(F)(F)CC1. The Kier molecular flexibility index (Phi) is 3.89. The van der Waals surface area contributed by atoms with Crippen molar-refractivity contribution in [2.45, 2.75) is 43.9 Å². The van der Waals surface area contributed by atoms with E-state index in [2.05, 4.69) is 14.9 Å². The lowest BCUT2D eigenvalue weighted by atomic mass is 9.83. The lowest BCUT2D eigenvalue weighted by Crippen LogP contribution is -2.56. The standard InChI is InChI=1S/C17H22F2N4O/c18-17(19)4-6-22(7-5-17)16(24)13-9-23(10-13)15-8-14(20-11-21-15)12-2-1-3-12/h8,11-13H,1-7,9-10H2. The zero-order chi connectivity index (χ0) is 16.7. The molecule has 0 unspecified atom stereocenters. The van der Waals surface area contributed by atoms with Crippen LogP contribution in [0.5, 0.6) is 0 Å². The molecule has 5 nitrogen and oxygen atoms in total. The molecule has 1 amide bonds. The van der Waals surface area contributed by atoms with Crippen molar-refractivity contribution in [1.82, 2.24) is 14.9 Å². The lowest BCUT2D eigenvalue weighted by molar-refractivity contribution is -0.142. The van der Waals surface area contributed by atoms with E-state index in [0.29, 0.717) is 19.0 Å². The first-order valence-electron chi connectivity index (χ1n) is 8.75. The predicted molar refractivity (Wildman–Crippen MR) is 85.1 cm³/mol. The summed E-state index contributed by atoms with van der Waals surface area (Å²) in [6, 6.07) is 2.03. The van der Waals surface area contributed by atoms with E-state index in [1.807, 2.05) is 6.07 Å². The Morgan fingerprint density at radius 2 is 1.88 bits per heavy atom. The fraction of sp³-hybridized carbons (Fsp3) is 0.706. The second kappa shape index (κ2) is 5.93. The Balaban J connectivity index is 1.32. The Morgan fingerprint density at radius 3 is 2.50 bits per heavy atom. The minimum Gasteiger partial charge on any atom is -0.355 e. The van der Waals surface area contributed by atoms with Gasteiger partial charge in [-0.2, -0.15) is 0 Å². The zero-order valence-corrected chi connectivity index (χ0v) is 13.6. The van der Waals surface area contributed by atoms with E-state index in [-0.39, 0.29) is 37.8 Å². The number of hydrogen-bond acceptors (Lipinski definition) is 4. The molecule has 1 saturated carbocycles. The normalized spacial score (nSPS) is 24.4. The first-order valence-corrected chi connectivity index (χ1v) is 8.75. The fourth-order valence-electron chi connectivity index (χ4n) is 3.60.